The summed E-state index contributed by atoms with van der Waals surface area (Å²) < 4.78 is 0. The van der Waals surface area contributed by atoms with E-state index in [9.17, 15) is 0 Å². The maximum Gasteiger partial charge on any atom is 0.124 e. The second-order valence-electron chi connectivity index (χ2n) is 3.03. The summed E-state index contributed by atoms with van der Waals surface area (Å²) >= 11 is 0. The highest BCUT2D eigenvalue weighted by Crippen LogP contribution is 2.18. The Bertz CT molecular complexity index is 504. The van der Waals surface area contributed by atoms with Crippen LogP contribution in [0.3, 0.4) is 0 Å². The van der Waals surface area contributed by atoms with Gasteiger partial charge in [-0.25, -0.2) is 4.98 Å². The fraction of sp³-hybridized carbons (Fsp3) is 0. The molecule has 14 heavy (non-hydrogen) atoms. The van der Waals surface area contributed by atoms with Crippen molar-refractivity contribution < 1.29 is 0 Å². The van der Waals surface area contributed by atoms with Crippen LogP contribution < -0.4 is 11.5 Å². The standard InChI is InChI=1S/C10H10N4/c11-9-5-7(10(12)13)6-3-1-2-4-8(6)14-9/h1-5H,(H2,11,14)(H3,12,13). The molecule has 0 fully saturated rings. The number of aromatic nitrogens is 1. The molecule has 0 unspecified atom stereocenters. The van der Waals surface area contributed by atoms with Crippen LogP contribution in [0.2, 0.25) is 0 Å². The van der Waals surface area contributed by atoms with E-state index in [0.29, 0.717) is 11.4 Å². The molecule has 5 N–H and O–H groups in total. The van der Waals surface area contributed by atoms with E-state index < -0.39 is 0 Å². The van der Waals surface area contributed by atoms with E-state index in [2.05, 4.69) is 4.98 Å². The highest BCUT2D eigenvalue weighted by Gasteiger charge is 2.05. The Labute approximate surface area is 81.1 Å². The first-order valence-corrected chi connectivity index (χ1v) is 4.18. The van der Waals surface area contributed by atoms with Gasteiger partial charge >= 0.3 is 0 Å². The van der Waals surface area contributed by atoms with Crippen LogP contribution >= 0.6 is 0 Å². The summed E-state index contributed by atoms with van der Waals surface area (Å²) in [5.41, 5.74) is 12.4. The third kappa shape index (κ3) is 1.26. The second-order valence-corrected chi connectivity index (χ2v) is 3.03. The number of para-hydroxylation sites is 1. The topological polar surface area (TPSA) is 88.8 Å². The lowest BCUT2D eigenvalue weighted by Crippen LogP contribution is -2.12. The first kappa shape index (κ1) is 8.50. The van der Waals surface area contributed by atoms with Crippen LogP contribution in [0.25, 0.3) is 10.9 Å². The number of anilines is 1. The summed E-state index contributed by atoms with van der Waals surface area (Å²) in [6, 6.07) is 9.09. The van der Waals surface area contributed by atoms with Crippen molar-refractivity contribution in [1.29, 1.82) is 5.41 Å². The van der Waals surface area contributed by atoms with Crippen LogP contribution in [0.5, 0.6) is 0 Å². The van der Waals surface area contributed by atoms with Crippen molar-refractivity contribution in [1.82, 2.24) is 4.98 Å². The Kier molecular flexibility index (Phi) is 1.81. The number of hydrogen-bond donors (Lipinski definition) is 3. The maximum atomic E-state index is 7.41. The van der Waals surface area contributed by atoms with Crippen molar-refractivity contribution >= 4 is 22.6 Å². The molecule has 1 aromatic heterocycles. The van der Waals surface area contributed by atoms with Gasteiger partial charge in [-0.2, -0.15) is 0 Å². The molecule has 0 radical (unpaired) electrons. The van der Waals surface area contributed by atoms with Crippen LogP contribution in [0.4, 0.5) is 5.82 Å². The van der Waals surface area contributed by atoms with Gasteiger partial charge in [-0.15, -0.1) is 0 Å². The summed E-state index contributed by atoms with van der Waals surface area (Å²) in [4.78, 5) is 4.14. The molecule has 0 aliphatic rings. The van der Waals surface area contributed by atoms with Gasteiger partial charge in [0.25, 0.3) is 0 Å². The predicted molar refractivity (Wildman–Crippen MR) is 57.2 cm³/mol. The average Bonchev–Trinajstić information content (AvgIpc) is 2.16. The highest BCUT2D eigenvalue weighted by atomic mass is 14.8. The van der Waals surface area contributed by atoms with Gasteiger partial charge in [0.1, 0.15) is 11.7 Å². The first-order valence-electron chi connectivity index (χ1n) is 4.18. The van der Waals surface area contributed by atoms with Gasteiger partial charge in [-0.1, -0.05) is 18.2 Å². The maximum absolute atomic E-state index is 7.41. The third-order valence-electron chi connectivity index (χ3n) is 2.03. The lowest BCUT2D eigenvalue weighted by molar-refractivity contribution is 1.38. The predicted octanol–water partition coefficient (Wildman–Crippen LogP) is 1.10. The zero-order valence-corrected chi connectivity index (χ0v) is 7.49. The number of hydrogen-bond acceptors (Lipinski definition) is 3. The van der Waals surface area contributed by atoms with Crippen LogP contribution in [0.15, 0.2) is 30.3 Å². The molecule has 2 rings (SSSR count). The van der Waals surface area contributed by atoms with Crippen molar-refractivity contribution in [3.63, 3.8) is 0 Å². The Balaban J connectivity index is 2.87. The summed E-state index contributed by atoms with van der Waals surface area (Å²) in [6.07, 6.45) is 0. The zero-order valence-electron chi connectivity index (χ0n) is 7.49. The van der Waals surface area contributed by atoms with E-state index in [1.54, 1.807) is 6.07 Å². The molecule has 0 amide bonds. The number of nitrogens with one attached hydrogen (secondary N) is 1. The molecule has 4 heteroatoms. The van der Waals surface area contributed by atoms with E-state index in [0.717, 1.165) is 10.9 Å². The Morgan fingerprint density at radius 3 is 2.71 bits per heavy atom. The largest absolute Gasteiger partial charge is 0.384 e. The molecule has 0 saturated carbocycles. The molecule has 0 bridgehead atoms. The van der Waals surface area contributed by atoms with Gasteiger partial charge in [-0.3, -0.25) is 5.41 Å². The van der Waals surface area contributed by atoms with Gasteiger partial charge in [0.05, 0.1) is 5.52 Å². The summed E-state index contributed by atoms with van der Waals surface area (Å²) in [7, 11) is 0. The van der Waals surface area contributed by atoms with Crippen LogP contribution in [0.1, 0.15) is 5.56 Å². The van der Waals surface area contributed by atoms with Crippen LogP contribution in [-0.4, -0.2) is 10.8 Å². The van der Waals surface area contributed by atoms with E-state index in [-0.39, 0.29) is 5.84 Å². The minimum atomic E-state index is 0.00954. The van der Waals surface area contributed by atoms with Crippen molar-refractivity contribution in [3.8, 4) is 0 Å². The van der Waals surface area contributed by atoms with E-state index in [1.165, 1.54) is 0 Å². The molecule has 0 aliphatic heterocycles. The monoisotopic (exact) mass is 186 g/mol. The Hall–Kier alpha value is -2.10. The summed E-state index contributed by atoms with van der Waals surface area (Å²) in [6.45, 7) is 0. The molecule has 2 aromatic rings. The zero-order chi connectivity index (χ0) is 10.1. The molecule has 0 spiro atoms. The SMILES string of the molecule is N=C(N)c1cc(N)nc2ccccc12. The van der Waals surface area contributed by atoms with Gasteiger partial charge in [0, 0.05) is 10.9 Å². The molecule has 4 nitrogen and oxygen atoms in total. The highest BCUT2D eigenvalue weighted by molar-refractivity contribution is 6.07. The second kappa shape index (κ2) is 2.99. The fourth-order valence-electron chi connectivity index (χ4n) is 1.42. The van der Waals surface area contributed by atoms with E-state index in [1.807, 2.05) is 24.3 Å². The summed E-state index contributed by atoms with van der Waals surface area (Å²) in [5.74, 6) is 0.393. The van der Waals surface area contributed by atoms with Gasteiger partial charge in [0.15, 0.2) is 0 Å². The number of nitrogen functional groups attached to an aromatic ring is 2. The number of nitrogens with two attached hydrogens (primary N) is 2. The molecule has 0 atom stereocenters. The minimum absolute atomic E-state index is 0.00954. The van der Waals surface area contributed by atoms with Gasteiger partial charge in [-0.05, 0) is 12.1 Å². The van der Waals surface area contributed by atoms with Gasteiger partial charge < -0.3 is 11.5 Å². The van der Waals surface area contributed by atoms with Crippen LogP contribution in [-0.2, 0) is 0 Å². The molecular weight excluding hydrogens is 176 g/mol. The quantitative estimate of drug-likeness (QED) is 0.460. The van der Waals surface area contributed by atoms with Crippen LogP contribution in [0, 0.1) is 5.41 Å². The smallest absolute Gasteiger partial charge is 0.124 e. The summed E-state index contributed by atoms with van der Waals surface area (Å²) in [5, 5.41) is 8.26. The first-order chi connectivity index (χ1) is 6.68. The van der Waals surface area contributed by atoms with E-state index in [4.69, 9.17) is 16.9 Å². The molecule has 1 heterocycles. The lowest BCUT2D eigenvalue weighted by Gasteiger charge is -2.05. The molecule has 70 valence electrons. The molecule has 1 aromatic carbocycles. The number of benzene rings is 1. The number of nitrogens with zero attached hydrogens (tertiary/aromatic N) is 1. The van der Waals surface area contributed by atoms with Crippen molar-refractivity contribution in [2.45, 2.75) is 0 Å². The molecular formula is C10H10N4. The Morgan fingerprint density at radius 2 is 2.00 bits per heavy atom. The fourth-order valence-corrected chi connectivity index (χ4v) is 1.42. The Morgan fingerprint density at radius 1 is 1.29 bits per heavy atom. The normalized spacial score (nSPS) is 10.3. The minimum Gasteiger partial charge on any atom is -0.384 e. The van der Waals surface area contributed by atoms with Crippen molar-refractivity contribution in [3.05, 3.63) is 35.9 Å². The van der Waals surface area contributed by atoms with Crippen molar-refractivity contribution in [2.24, 2.45) is 5.73 Å². The number of amidine groups is 1. The average molecular weight is 186 g/mol. The van der Waals surface area contributed by atoms with E-state index >= 15 is 0 Å². The number of rotatable bonds is 1. The lowest BCUT2D eigenvalue weighted by atomic mass is 10.1. The number of fused-ring (bicyclic) bond motifs is 1. The third-order valence-corrected chi connectivity index (χ3v) is 2.03. The molecule has 0 saturated heterocycles. The van der Waals surface area contributed by atoms with Crippen molar-refractivity contribution in [2.75, 3.05) is 5.73 Å². The van der Waals surface area contributed by atoms with Gasteiger partial charge in [0.2, 0.25) is 0 Å². The number of pyridine rings is 1. The molecule has 0 aliphatic carbocycles.